The van der Waals surface area contributed by atoms with Crippen LogP contribution in [-0.2, 0) is 28.6 Å². The van der Waals surface area contributed by atoms with Crippen molar-refractivity contribution >= 4 is 17.9 Å². The van der Waals surface area contributed by atoms with Crippen LogP contribution in [0.25, 0.3) is 0 Å². The van der Waals surface area contributed by atoms with Gasteiger partial charge in [-0.05, 0) is 123 Å². The van der Waals surface area contributed by atoms with E-state index in [0.29, 0.717) is 19.3 Å². The van der Waals surface area contributed by atoms with Crippen molar-refractivity contribution in [2.24, 2.45) is 17.8 Å². The Kier molecular flexibility index (Phi) is 10.7. The fourth-order valence-corrected chi connectivity index (χ4v) is 9.77. The third kappa shape index (κ3) is 8.25. The molecule has 3 saturated heterocycles. The monoisotopic (exact) mass is 676 g/mol. The van der Waals surface area contributed by atoms with Crippen LogP contribution in [0.4, 0.5) is 0 Å². The molecule has 9 nitrogen and oxygen atoms in total. The molecular weight excluding hydrogens is 606 g/mol. The Morgan fingerprint density at radius 2 is 0.562 bits per heavy atom. The smallest absolute Gasteiger partial charge is 0.309 e. The highest BCUT2D eigenvalue weighted by Crippen LogP contribution is 2.43. The van der Waals surface area contributed by atoms with Gasteiger partial charge in [0, 0.05) is 71.8 Å². The molecule has 0 N–H and O–H groups in total. The van der Waals surface area contributed by atoms with Crippen LogP contribution in [0.2, 0.25) is 0 Å². The molecule has 0 aromatic carbocycles. The van der Waals surface area contributed by atoms with Crippen molar-refractivity contribution in [3.63, 3.8) is 0 Å². The normalized spacial score (nSPS) is 32.7. The first-order chi connectivity index (χ1) is 21.7. The van der Waals surface area contributed by atoms with Crippen molar-refractivity contribution in [3.05, 3.63) is 0 Å². The van der Waals surface area contributed by atoms with Crippen molar-refractivity contribution in [1.29, 1.82) is 0 Å². The zero-order chi connectivity index (χ0) is 36.4. The minimum absolute atomic E-state index is 0.136. The molecule has 48 heavy (non-hydrogen) atoms. The standard InChI is InChI=1S/C39H69N3O6/c1-34(2)19-28(20-35(3,4)40(34)13)46-31(43)25-16-26(32(44)47-29-21-36(5,6)41(14)37(7,8)22-29)18-27(17-25)33(45)48-30-23-38(9,10)42(15)39(11,12)24-30/h25-30H,16-24H2,1-15H3. The molecule has 3 aliphatic heterocycles. The molecule has 0 unspecified atom stereocenters. The largest absolute Gasteiger partial charge is 0.462 e. The van der Waals surface area contributed by atoms with E-state index in [9.17, 15) is 14.4 Å². The molecule has 0 bridgehead atoms. The summed E-state index contributed by atoms with van der Waals surface area (Å²) in [5.41, 5.74) is -0.814. The van der Waals surface area contributed by atoms with Gasteiger partial charge in [-0.1, -0.05) is 0 Å². The lowest BCUT2D eigenvalue weighted by Gasteiger charge is -2.53. The number of carbonyl (C=O) groups excluding carboxylic acids is 3. The summed E-state index contributed by atoms with van der Waals surface area (Å²) in [5, 5.41) is 0. The van der Waals surface area contributed by atoms with Crippen molar-refractivity contribution in [2.45, 2.75) is 192 Å². The minimum Gasteiger partial charge on any atom is -0.462 e. The van der Waals surface area contributed by atoms with E-state index in [1.165, 1.54) is 0 Å². The summed E-state index contributed by atoms with van der Waals surface area (Å²) in [6.07, 6.45) is 4.65. The zero-order valence-electron chi connectivity index (χ0n) is 33.1. The Balaban J connectivity index is 1.53. The summed E-state index contributed by atoms with van der Waals surface area (Å²) in [6.45, 7) is 26.2. The summed E-state index contributed by atoms with van der Waals surface area (Å²) in [4.78, 5) is 48.9. The first-order valence-corrected chi connectivity index (χ1v) is 18.5. The number of nitrogens with zero attached hydrogens (tertiary/aromatic N) is 3. The molecule has 3 heterocycles. The maximum atomic E-state index is 13.9. The van der Waals surface area contributed by atoms with E-state index in [1.54, 1.807) is 0 Å². The lowest BCUT2D eigenvalue weighted by molar-refractivity contribution is -0.175. The minimum atomic E-state index is -0.574. The molecule has 0 atom stereocenters. The number of ether oxygens (including phenoxy) is 3. The van der Waals surface area contributed by atoms with Crippen LogP contribution in [0.5, 0.6) is 0 Å². The van der Waals surface area contributed by atoms with Crippen molar-refractivity contribution in [2.75, 3.05) is 21.1 Å². The predicted octanol–water partition coefficient (Wildman–Crippen LogP) is 6.60. The Morgan fingerprint density at radius 1 is 0.396 bits per heavy atom. The fourth-order valence-electron chi connectivity index (χ4n) is 9.77. The van der Waals surface area contributed by atoms with Gasteiger partial charge in [0.1, 0.15) is 18.3 Å². The van der Waals surface area contributed by atoms with Crippen LogP contribution in [-0.4, -0.2) is 105 Å². The molecule has 4 aliphatic rings. The lowest BCUT2D eigenvalue weighted by Crippen LogP contribution is -2.60. The first kappa shape index (κ1) is 39.1. The highest BCUT2D eigenvalue weighted by Gasteiger charge is 2.50. The van der Waals surface area contributed by atoms with Gasteiger partial charge in [0.15, 0.2) is 0 Å². The molecule has 0 aromatic rings. The molecule has 276 valence electrons. The van der Waals surface area contributed by atoms with Gasteiger partial charge in [-0.15, -0.1) is 0 Å². The van der Waals surface area contributed by atoms with E-state index in [2.05, 4.69) is 119 Å². The summed E-state index contributed by atoms with van der Waals surface area (Å²) < 4.78 is 18.8. The maximum Gasteiger partial charge on any atom is 0.309 e. The van der Waals surface area contributed by atoms with E-state index in [1.807, 2.05) is 0 Å². The molecule has 0 aromatic heterocycles. The van der Waals surface area contributed by atoms with E-state index in [0.717, 1.165) is 38.5 Å². The van der Waals surface area contributed by atoms with Crippen LogP contribution in [0.1, 0.15) is 141 Å². The topological polar surface area (TPSA) is 88.6 Å². The molecule has 0 spiro atoms. The molecular formula is C39H69N3O6. The summed E-state index contributed by atoms with van der Waals surface area (Å²) in [6, 6.07) is 0. The predicted molar refractivity (Wildman–Crippen MR) is 189 cm³/mol. The molecule has 9 heteroatoms. The van der Waals surface area contributed by atoms with Crippen LogP contribution in [0.3, 0.4) is 0 Å². The number of hydrogen-bond acceptors (Lipinski definition) is 9. The Bertz CT molecular complexity index is 1010. The lowest BCUT2D eigenvalue weighted by atomic mass is 9.74. The molecule has 0 amide bonds. The van der Waals surface area contributed by atoms with Gasteiger partial charge in [-0.3, -0.25) is 29.1 Å². The Hall–Kier alpha value is -1.71. The van der Waals surface area contributed by atoms with E-state index in [4.69, 9.17) is 14.2 Å². The first-order valence-electron chi connectivity index (χ1n) is 18.5. The van der Waals surface area contributed by atoms with Crippen LogP contribution >= 0.6 is 0 Å². The Labute approximate surface area is 292 Å². The number of carbonyl (C=O) groups is 3. The van der Waals surface area contributed by atoms with Crippen LogP contribution in [0.15, 0.2) is 0 Å². The van der Waals surface area contributed by atoms with Gasteiger partial charge in [-0.2, -0.15) is 0 Å². The zero-order valence-corrected chi connectivity index (χ0v) is 33.1. The third-order valence-electron chi connectivity index (χ3n) is 13.4. The average Bonchev–Trinajstić information content (AvgIpc) is 2.92. The highest BCUT2D eigenvalue weighted by atomic mass is 16.6. The Morgan fingerprint density at radius 3 is 0.729 bits per heavy atom. The van der Waals surface area contributed by atoms with E-state index in [-0.39, 0.29) is 69.5 Å². The second kappa shape index (κ2) is 13.1. The van der Waals surface area contributed by atoms with Crippen molar-refractivity contribution in [1.82, 2.24) is 14.7 Å². The number of hydrogen-bond donors (Lipinski definition) is 0. The second-order valence-electron chi connectivity index (χ2n) is 19.8. The average molecular weight is 676 g/mol. The number of piperidine rings is 3. The molecule has 4 rings (SSSR count). The van der Waals surface area contributed by atoms with E-state index < -0.39 is 17.8 Å². The molecule has 0 radical (unpaired) electrons. The summed E-state index contributed by atoms with van der Waals surface area (Å²) >= 11 is 0. The van der Waals surface area contributed by atoms with Crippen LogP contribution in [0, 0.1) is 17.8 Å². The van der Waals surface area contributed by atoms with Crippen molar-refractivity contribution in [3.8, 4) is 0 Å². The number of esters is 3. The molecule has 1 saturated carbocycles. The van der Waals surface area contributed by atoms with Gasteiger partial charge >= 0.3 is 17.9 Å². The van der Waals surface area contributed by atoms with Gasteiger partial charge in [0.2, 0.25) is 0 Å². The maximum absolute atomic E-state index is 13.9. The highest BCUT2D eigenvalue weighted by molar-refractivity contribution is 5.80. The quantitative estimate of drug-likeness (QED) is 0.228. The van der Waals surface area contributed by atoms with Crippen LogP contribution < -0.4 is 0 Å². The van der Waals surface area contributed by atoms with Gasteiger partial charge in [0.05, 0.1) is 17.8 Å². The van der Waals surface area contributed by atoms with Crippen molar-refractivity contribution < 1.29 is 28.6 Å². The van der Waals surface area contributed by atoms with Gasteiger partial charge in [-0.25, -0.2) is 0 Å². The van der Waals surface area contributed by atoms with E-state index >= 15 is 0 Å². The molecule has 4 fully saturated rings. The van der Waals surface area contributed by atoms with Gasteiger partial charge < -0.3 is 14.2 Å². The fraction of sp³-hybridized carbons (Fsp3) is 0.923. The summed E-state index contributed by atoms with van der Waals surface area (Å²) in [5.74, 6) is -2.65. The molecule has 1 aliphatic carbocycles. The summed E-state index contributed by atoms with van der Waals surface area (Å²) in [7, 11) is 6.39. The second-order valence-corrected chi connectivity index (χ2v) is 19.8. The SMILES string of the molecule is CN1C(C)(C)CC(OC(=O)C2CC(C(=O)OC3CC(C)(C)N(C)C(C)(C)C3)CC(C(=O)OC3CC(C)(C)N(C)C(C)(C)C3)C2)CC1(C)C. The third-order valence-corrected chi connectivity index (χ3v) is 13.4. The number of rotatable bonds is 6. The number of likely N-dealkylation sites (tertiary alicyclic amines) is 3. The van der Waals surface area contributed by atoms with Gasteiger partial charge in [0.25, 0.3) is 0 Å².